The van der Waals surface area contributed by atoms with Gasteiger partial charge in [-0.1, -0.05) is 72.8 Å². The predicted octanol–water partition coefficient (Wildman–Crippen LogP) is 2.91. The van der Waals surface area contributed by atoms with Gasteiger partial charge in [0.05, 0.1) is 6.04 Å². The first kappa shape index (κ1) is 29.8. The molecule has 2 saturated heterocycles. The number of aromatic hydroxyl groups is 1. The maximum Gasteiger partial charge on any atom is 0.312 e. The largest absolute Gasteiger partial charge is 0.508 e. The minimum absolute atomic E-state index is 0.139. The normalized spacial score (nSPS) is 19.1. The van der Waals surface area contributed by atoms with Crippen molar-refractivity contribution >= 4 is 23.6 Å². The number of nitrogens with one attached hydrogen (secondary N) is 1. The molecule has 2 heterocycles. The lowest BCUT2D eigenvalue weighted by atomic mass is 9.99. The molecule has 3 aromatic carbocycles. The van der Waals surface area contributed by atoms with Crippen LogP contribution < -0.4 is 5.32 Å². The maximum absolute atomic E-state index is 13.4. The molecule has 224 valence electrons. The summed E-state index contributed by atoms with van der Waals surface area (Å²) >= 11 is 0. The van der Waals surface area contributed by atoms with E-state index in [-0.39, 0.29) is 17.8 Å². The zero-order valence-electron chi connectivity index (χ0n) is 24.2. The molecule has 4 amide bonds. The van der Waals surface area contributed by atoms with Gasteiger partial charge in [-0.3, -0.25) is 19.2 Å². The molecule has 0 aromatic heterocycles. The van der Waals surface area contributed by atoms with Crippen LogP contribution in [0.25, 0.3) is 0 Å². The standard InChI is InChI=1S/C34H38N4O5/c39-30-16-14-26(15-17-30)21-29-24-36(33(42)34(43)37(29)20-18-25-9-3-1-4-10-25)19-8-7-13-28-22-35-31(40)32(41)38(28)23-27-11-5-2-6-12-27/h1-6,9-12,14-17,28-29,39H,7-8,13,18-24H2,(H,35,40)/t28-,29+/m1/s1. The number of piperazine rings is 2. The van der Waals surface area contributed by atoms with E-state index < -0.39 is 23.6 Å². The minimum atomic E-state index is -0.582. The van der Waals surface area contributed by atoms with Gasteiger partial charge in [0.2, 0.25) is 0 Å². The Morgan fingerprint density at radius 3 is 2.05 bits per heavy atom. The summed E-state index contributed by atoms with van der Waals surface area (Å²) in [5.41, 5.74) is 3.05. The fourth-order valence-corrected chi connectivity index (χ4v) is 5.92. The molecule has 2 aliphatic heterocycles. The van der Waals surface area contributed by atoms with Crippen molar-refractivity contribution in [2.45, 2.75) is 50.7 Å². The Bertz CT molecular complexity index is 1410. The second kappa shape index (κ2) is 14.0. The fourth-order valence-electron chi connectivity index (χ4n) is 5.92. The highest BCUT2D eigenvalue weighted by Gasteiger charge is 2.39. The lowest BCUT2D eigenvalue weighted by molar-refractivity contribution is -0.159. The molecule has 2 N–H and O–H groups in total. The Balaban J connectivity index is 1.20. The third-order valence-electron chi connectivity index (χ3n) is 8.30. The molecule has 0 radical (unpaired) electrons. The highest BCUT2D eigenvalue weighted by atomic mass is 16.3. The zero-order chi connectivity index (χ0) is 30.2. The molecular weight excluding hydrogens is 544 g/mol. The van der Waals surface area contributed by atoms with Gasteiger partial charge in [0, 0.05) is 38.8 Å². The Hall–Kier alpha value is -4.66. The Labute approximate surface area is 252 Å². The first-order valence-electron chi connectivity index (χ1n) is 14.9. The quantitative estimate of drug-likeness (QED) is 0.252. The average molecular weight is 583 g/mol. The second-order valence-electron chi connectivity index (χ2n) is 11.3. The van der Waals surface area contributed by atoms with Gasteiger partial charge in [-0.15, -0.1) is 0 Å². The molecule has 2 fully saturated rings. The molecule has 9 heteroatoms. The van der Waals surface area contributed by atoms with E-state index in [1.807, 2.05) is 72.8 Å². The molecule has 0 saturated carbocycles. The number of phenols is 1. The summed E-state index contributed by atoms with van der Waals surface area (Å²) in [5.74, 6) is -1.89. The summed E-state index contributed by atoms with van der Waals surface area (Å²) < 4.78 is 0. The topological polar surface area (TPSA) is 110 Å². The van der Waals surface area contributed by atoms with E-state index in [1.54, 1.807) is 26.8 Å². The molecule has 2 atom stereocenters. The number of hydrogen-bond acceptors (Lipinski definition) is 5. The summed E-state index contributed by atoms with van der Waals surface area (Å²) in [6, 6.07) is 26.2. The lowest BCUT2D eigenvalue weighted by Crippen LogP contribution is -2.60. The number of unbranched alkanes of at least 4 members (excludes halogenated alkanes) is 1. The monoisotopic (exact) mass is 582 g/mol. The SMILES string of the molecule is O=C1NC[C@@H](CCCCN2C[C@H](Cc3ccc(O)cc3)N(CCc3ccccc3)C(=O)C2=O)N(Cc2ccccc2)C1=O. The van der Waals surface area contributed by atoms with E-state index in [1.165, 1.54) is 0 Å². The summed E-state index contributed by atoms with van der Waals surface area (Å²) in [6.07, 6.45) is 3.31. The van der Waals surface area contributed by atoms with E-state index >= 15 is 0 Å². The maximum atomic E-state index is 13.4. The van der Waals surface area contributed by atoms with Crippen LogP contribution in [0.2, 0.25) is 0 Å². The van der Waals surface area contributed by atoms with Crippen molar-refractivity contribution in [2.24, 2.45) is 0 Å². The van der Waals surface area contributed by atoms with E-state index in [0.717, 1.165) is 23.1 Å². The number of benzene rings is 3. The van der Waals surface area contributed by atoms with E-state index in [0.29, 0.717) is 58.4 Å². The van der Waals surface area contributed by atoms with E-state index in [2.05, 4.69) is 5.32 Å². The Morgan fingerprint density at radius 2 is 1.35 bits per heavy atom. The number of hydrogen-bond donors (Lipinski definition) is 2. The summed E-state index contributed by atoms with van der Waals surface area (Å²) in [7, 11) is 0. The van der Waals surface area contributed by atoms with Gasteiger partial charge in [-0.25, -0.2) is 0 Å². The van der Waals surface area contributed by atoms with Gasteiger partial charge >= 0.3 is 23.6 Å². The molecule has 0 spiro atoms. The number of carbonyl (C=O) groups excluding carboxylic acids is 4. The van der Waals surface area contributed by atoms with Crippen LogP contribution in [0, 0.1) is 0 Å². The molecule has 43 heavy (non-hydrogen) atoms. The Kier molecular flexibility index (Phi) is 9.71. The average Bonchev–Trinajstić information content (AvgIpc) is 3.02. The van der Waals surface area contributed by atoms with Crippen molar-refractivity contribution in [3.63, 3.8) is 0 Å². The van der Waals surface area contributed by atoms with Crippen molar-refractivity contribution in [3.05, 3.63) is 102 Å². The number of phenolic OH excluding ortho intramolecular Hbond substituents is 1. The highest BCUT2D eigenvalue weighted by molar-refractivity contribution is 6.36. The van der Waals surface area contributed by atoms with Crippen molar-refractivity contribution in [1.29, 1.82) is 0 Å². The van der Waals surface area contributed by atoms with Crippen molar-refractivity contribution in [1.82, 2.24) is 20.0 Å². The highest BCUT2D eigenvalue weighted by Crippen LogP contribution is 2.21. The van der Waals surface area contributed by atoms with Gasteiger partial charge in [0.1, 0.15) is 5.75 Å². The van der Waals surface area contributed by atoms with Crippen LogP contribution in [0.3, 0.4) is 0 Å². The van der Waals surface area contributed by atoms with Crippen molar-refractivity contribution in [3.8, 4) is 5.75 Å². The number of amides is 4. The van der Waals surface area contributed by atoms with E-state index in [4.69, 9.17) is 0 Å². The van der Waals surface area contributed by atoms with Crippen LogP contribution in [-0.4, -0.2) is 81.7 Å². The zero-order valence-corrected chi connectivity index (χ0v) is 24.2. The number of nitrogens with zero attached hydrogens (tertiary/aromatic N) is 3. The molecule has 9 nitrogen and oxygen atoms in total. The van der Waals surface area contributed by atoms with Crippen LogP contribution in [0.5, 0.6) is 5.75 Å². The molecule has 3 aromatic rings. The summed E-state index contributed by atoms with van der Waals surface area (Å²) in [6.45, 7) is 2.08. The van der Waals surface area contributed by atoms with Gasteiger partial charge < -0.3 is 25.1 Å². The summed E-state index contributed by atoms with van der Waals surface area (Å²) in [4.78, 5) is 56.4. The molecule has 5 rings (SSSR count). The van der Waals surface area contributed by atoms with E-state index in [9.17, 15) is 24.3 Å². The minimum Gasteiger partial charge on any atom is -0.508 e. The summed E-state index contributed by atoms with van der Waals surface area (Å²) in [5, 5.41) is 12.4. The van der Waals surface area contributed by atoms with Gasteiger partial charge in [-0.05, 0) is 60.9 Å². The first-order valence-corrected chi connectivity index (χ1v) is 14.9. The number of carbonyl (C=O) groups is 4. The van der Waals surface area contributed by atoms with Crippen LogP contribution in [0.4, 0.5) is 0 Å². The smallest absolute Gasteiger partial charge is 0.312 e. The van der Waals surface area contributed by atoms with Gasteiger partial charge in [0.15, 0.2) is 0 Å². The van der Waals surface area contributed by atoms with Gasteiger partial charge in [0.25, 0.3) is 0 Å². The molecule has 0 unspecified atom stereocenters. The second-order valence-corrected chi connectivity index (χ2v) is 11.3. The third-order valence-corrected chi connectivity index (χ3v) is 8.30. The Morgan fingerprint density at radius 1 is 0.674 bits per heavy atom. The first-order chi connectivity index (χ1) is 20.9. The lowest BCUT2D eigenvalue weighted by Gasteiger charge is -2.41. The van der Waals surface area contributed by atoms with Crippen LogP contribution in [-0.2, 0) is 38.6 Å². The molecule has 2 aliphatic rings. The molecule has 0 bridgehead atoms. The van der Waals surface area contributed by atoms with Crippen LogP contribution >= 0.6 is 0 Å². The van der Waals surface area contributed by atoms with Crippen molar-refractivity contribution < 1.29 is 24.3 Å². The third kappa shape index (κ3) is 7.60. The van der Waals surface area contributed by atoms with Gasteiger partial charge in [-0.2, -0.15) is 0 Å². The fraction of sp³-hybridized carbons (Fsp3) is 0.353. The number of rotatable bonds is 12. The van der Waals surface area contributed by atoms with Crippen LogP contribution in [0.15, 0.2) is 84.9 Å². The van der Waals surface area contributed by atoms with Crippen LogP contribution in [0.1, 0.15) is 36.0 Å². The molecule has 0 aliphatic carbocycles. The molecular formula is C34H38N4O5. The predicted molar refractivity (Wildman–Crippen MR) is 162 cm³/mol. The van der Waals surface area contributed by atoms with Crippen molar-refractivity contribution in [2.75, 3.05) is 26.2 Å².